The summed E-state index contributed by atoms with van der Waals surface area (Å²) in [5.74, 6) is -2.67. The lowest BCUT2D eigenvalue weighted by Gasteiger charge is -2.26. The maximum Gasteiger partial charge on any atom is 0.306 e. The van der Waals surface area contributed by atoms with Crippen molar-refractivity contribution in [2.45, 2.75) is 180 Å². The fraction of sp³-hybridized carbons (Fsp3) is 0.705. The molecule has 0 saturated carbocycles. The van der Waals surface area contributed by atoms with Crippen molar-refractivity contribution in [3.8, 4) is 0 Å². The minimum Gasteiger partial charge on any atom is -0.756 e. The number of allylic oxidation sites excluding steroid dienone is 10. The van der Waals surface area contributed by atoms with E-state index in [0.29, 0.717) is 19.3 Å². The molecule has 322 valence electrons. The summed E-state index contributed by atoms with van der Waals surface area (Å²) in [5, 5.41) is 10.8. The minimum atomic E-state index is -4.97. The van der Waals surface area contributed by atoms with Gasteiger partial charge in [0.05, 0.1) is 6.61 Å². The summed E-state index contributed by atoms with van der Waals surface area (Å²) in [7, 11) is -4.97. The number of esters is 2. The van der Waals surface area contributed by atoms with Crippen LogP contribution in [0.3, 0.4) is 0 Å². The third-order valence-corrected chi connectivity index (χ3v) is 9.70. The number of carbonyl (C=O) groups excluding carboxylic acids is 3. The Kier molecular flexibility index (Phi) is 37.1. The van der Waals surface area contributed by atoms with Crippen LogP contribution in [0.1, 0.15) is 168 Å². The normalized spacial score (nSPS) is 14.4. The van der Waals surface area contributed by atoms with Crippen molar-refractivity contribution in [2.24, 2.45) is 0 Å². The van der Waals surface area contributed by atoms with Crippen LogP contribution in [0, 0.1) is 0 Å². The summed E-state index contributed by atoms with van der Waals surface area (Å²) in [6.07, 6.45) is 44.1. The molecule has 11 nitrogen and oxygen atoms in total. The van der Waals surface area contributed by atoms with Gasteiger partial charge < -0.3 is 39.0 Å². The van der Waals surface area contributed by atoms with Gasteiger partial charge in [-0.25, -0.2) is 0 Å². The third-order valence-electron chi connectivity index (χ3n) is 8.77. The molecule has 0 saturated heterocycles. The number of phosphoric acid groups is 1. The van der Waals surface area contributed by atoms with Gasteiger partial charge in [-0.3, -0.25) is 14.2 Å². The smallest absolute Gasteiger partial charge is 0.306 e. The van der Waals surface area contributed by atoms with Gasteiger partial charge in [0.25, 0.3) is 7.82 Å². The number of aliphatic carboxylic acids is 1. The van der Waals surface area contributed by atoms with E-state index in [2.05, 4.69) is 72.7 Å². The molecule has 0 rings (SSSR count). The van der Waals surface area contributed by atoms with E-state index in [4.69, 9.17) is 14.0 Å². The predicted octanol–water partition coefficient (Wildman–Crippen LogP) is 8.49. The first-order valence-electron chi connectivity index (χ1n) is 21.3. The number of carboxylic acids is 1. The number of phosphoric ester groups is 1. The number of hydrogen-bond donors (Lipinski definition) is 1. The van der Waals surface area contributed by atoms with Crippen molar-refractivity contribution >= 4 is 25.7 Å². The van der Waals surface area contributed by atoms with Crippen molar-refractivity contribution < 1.29 is 53.2 Å². The largest absolute Gasteiger partial charge is 0.756 e. The van der Waals surface area contributed by atoms with Crippen LogP contribution >= 0.6 is 7.82 Å². The Hall–Kier alpha value is -2.82. The van der Waals surface area contributed by atoms with Gasteiger partial charge in [0.15, 0.2) is 6.10 Å². The topological polar surface area (TPSA) is 179 Å². The van der Waals surface area contributed by atoms with Crippen LogP contribution in [-0.4, -0.2) is 49.9 Å². The van der Waals surface area contributed by atoms with Crippen molar-refractivity contribution in [2.75, 3.05) is 19.8 Å². The van der Waals surface area contributed by atoms with E-state index in [0.717, 1.165) is 64.2 Å². The summed E-state index contributed by atoms with van der Waals surface area (Å²) in [4.78, 5) is 48.0. The first-order valence-corrected chi connectivity index (χ1v) is 22.8. The van der Waals surface area contributed by atoms with Gasteiger partial charge in [-0.15, -0.1) is 0 Å². The lowest BCUT2D eigenvalue weighted by molar-refractivity contribution is -0.441. The van der Waals surface area contributed by atoms with E-state index >= 15 is 0 Å². The molecule has 0 aliphatic rings. The zero-order valence-corrected chi connectivity index (χ0v) is 35.7. The lowest BCUT2D eigenvalue weighted by atomic mass is 10.1. The molecule has 12 heteroatoms. The van der Waals surface area contributed by atoms with E-state index < -0.39 is 57.7 Å². The predicted molar refractivity (Wildman–Crippen MR) is 220 cm³/mol. The molecule has 3 atom stereocenters. The Labute approximate surface area is 338 Å². The molecule has 0 heterocycles. The highest BCUT2D eigenvalue weighted by Crippen LogP contribution is 2.38. The van der Waals surface area contributed by atoms with Crippen LogP contribution in [0.5, 0.6) is 0 Å². The number of carbonyl (C=O) groups is 3. The summed E-state index contributed by atoms with van der Waals surface area (Å²) in [6.45, 7) is 2.59. The first-order chi connectivity index (χ1) is 27.1. The highest BCUT2D eigenvalue weighted by Gasteiger charge is 2.22. The van der Waals surface area contributed by atoms with E-state index in [9.17, 15) is 28.9 Å². The van der Waals surface area contributed by atoms with Crippen LogP contribution in [0.4, 0.5) is 0 Å². The summed E-state index contributed by atoms with van der Waals surface area (Å²) in [5.41, 5.74) is 3.23. The molecule has 0 amide bonds. The van der Waals surface area contributed by atoms with Crippen molar-refractivity contribution in [1.29, 1.82) is 0 Å². The third kappa shape index (κ3) is 38.1. The average Bonchev–Trinajstić information content (AvgIpc) is 3.17. The molecule has 0 bridgehead atoms. The molecule has 0 aliphatic heterocycles. The van der Waals surface area contributed by atoms with Gasteiger partial charge in [-0.05, 0) is 77.0 Å². The summed E-state index contributed by atoms with van der Waals surface area (Å²) < 4.78 is 32.3. The first kappa shape index (κ1) is 53.2. The molecular formula is C44H75NO10P-. The van der Waals surface area contributed by atoms with Crippen LogP contribution in [0.2, 0.25) is 0 Å². The number of hydrogen-bond acceptors (Lipinski definition) is 10. The van der Waals surface area contributed by atoms with Gasteiger partial charge >= 0.3 is 11.9 Å². The highest BCUT2D eigenvalue weighted by molar-refractivity contribution is 7.45. The monoisotopic (exact) mass is 809 g/mol. The maximum atomic E-state index is 12.6. The van der Waals surface area contributed by atoms with Crippen LogP contribution < -0.4 is 15.7 Å². The number of carboxylic acid groups (broad SMARTS) is 1. The molecule has 0 spiro atoms. The minimum absolute atomic E-state index is 0.0672. The Morgan fingerprint density at radius 2 is 0.964 bits per heavy atom. The fourth-order valence-electron chi connectivity index (χ4n) is 5.35. The molecule has 0 fully saturated rings. The van der Waals surface area contributed by atoms with Gasteiger partial charge in [0, 0.05) is 12.8 Å². The Morgan fingerprint density at radius 1 is 0.554 bits per heavy atom. The van der Waals surface area contributed by atoms with Crippen LogP contribution in [0.15, 0.2) is 60.8 Å². The quantitative estimate of drug-likeness (QED) is 0.0274. The molecule has 3 N–H and O–H groups in total. The zero-order chi connectivity index (χ0) is 41.4. The molecule has 0 aromatic heterocycles. The SMILES string of the molecule is CCCCC/C=C\C/C=C\C/C=C\C/C=C\CCCC(=O)O[C@H](COC(=O)CCCCCCC/C=C\CCCCCCCC)COP(=O)([O-])OC[C@H]([NH3+])C(=O)[O-]. The van der Waals surface area contributed by atoms with Crippen molar-refractivity contribution in [1.82, 2.24) is 0 Å². The van der Waals surface area contributed by atoms with E-state index in [1.807, 2.05) is 12.2 Å². The highest BCUT2D eigenvalue weighted by atomic mass is 31.2. The maximum absolute atomic E-state index is 12.6. The molecule has 56 heavy (non-hydrogen) atoms. The van der Waals surface area contributed by atoms with E-state index in [1.54, 1.807) is 0 Å². The number of rotatable bonds is 39. The molecular weight excluding hydrogens is 733 g/mol. The zero-order valence-electron chi connectivity index (χ0n) is 34.8. The van der Waals surface area contributed by atoms with Crippen LogP contribution in [-0.2, 0) is 37.5 Å². The van der Waals surface area contributed by atoms with Gasteiger partial charge in [0.1, 0.15) is 25.2 Å². The second-order valence-electron chi connectivity index (χ2n) is 14.2. The molecule has 0 aromatic rings. The van der Waals surface area contributed by atoms with E-state index in [-0.39, 0.29) is 12.8 Å². The lowest BCUT2D eigenvalue weighted by Crippen LogP contribution is -2.70. The van der Waals surface area contributed by atoms with Gasteiger partial charge in [-0.1, -0.05) is 139 Å². The Morgan fingerprint density at radius 3 is 1.52 bits per heavy atom. The fourth-order valence-corrected chi connectivity index (χ4v) is 6.13. The molecule has 0 aromatic carbocycles. The number of quaternary nitrogens is 1. The number of ether oxygens (including phenoxy) is 2. The summed E-state index contributed by atoms with van der Waals surface area (Å²) in [6, 6.07) is -1.43. The average molecular weight is 809 g/mol. The molecule has 1 unspecified atom stereocenters. The number of unbranched alkanes of at least 4 members (excludes halogenated alkanes) is 15. The second kappa shape index (κ2) is 39.0. The van der Waals surface area contributed by atoms with E-state index in [1.165, 1.54) is 57.8 Å². The van der Waals surface area contributed by atoms with Crippen molar-refractivity contribution in [3.05, 3.63) is 60.8 Å². The standard InChI is InChI=1S/C44H76NO10P/c1-3-5-7-9-11-13-15-17-19-20-22-24-26-28-30-32-34-36-43(47)55-40(38-53-56(50,51)54-39-41(45)44(48)49)37-52-42(46)35-33-31-29-27-25-23-21-18-16-14-12-10-8-6-4-2/h11,13,17-19,21-22,24,28,30,40-41H,3-10,12,14-16,20,23,25-27,29,31-39,45H2,1-2H3,(H,48,49)(H,50,51)/p-1/b13-11-,19-17-,21-18-,24-22-,30-28-/t40-,41+/m1/s1. The van der Waals surface area contributed by atoms with Crippen LogP contribution in [0.25, 0.3) is 0 Å². The van der Waals surface area contributed by atoms with Gasteiger partial charge in [0.2, 0.25) is 0 Å². The Balaban J connectivity index is 4.50. The Bertz CT molecular complexity index is 1180. The summed E-state index contributed by atoms with van der Waals surface area (Å²) >= 11 is 0. The second-order valence-corrected chi connectivity index (χ2v) is 15.6. The van der Waals surface area contributed by atoms with Crippen molar-refractivity contribution in [3.63, 3.8) is 0 Å². The van der Waals surface area contributed by atoms with Gasteiger partial charge in [-0.2, -0.15) is 0 Å². The molecule has 0 aliphatic carbocycles. The molecule has 0 radical (unpaired) electrons.